The summed E-state index contributed by atoms with van der Waals surface area (Å²) in [4.78, 5) is 12.3. The molecule has 0 saturated carbocycles. The van der Waals surface area contributed by atoms with Gasteiger partial charge in [0.1, 0.15) is 17.6 Å². The third-order valence-corrected chi connectivity index (χ3v) is 3.62. The fourth-order valence-corrected chi connectivity index (χ4v) is 2.32. The van der Waals surface area contributed by atoms with Crippen LogP contribution in [0, 0.1) is 5.82 Å². The van der Waals surface area contributed by atoms with Crippen molar-refractivity contribution in [3.63, 3.8) is 0 Å². The van der Waals surface area contributed by atoms with E-state index in [2.05, 4.69) is 5.32 Å². The zero-order valence-electron chi connectivity index (χ0n) is 13.7. The molecule has 0 bridgehead atoms. The van der Waals surface area contributed by atoms with Gasteiger partial charge < -0.3 is 20.5 Å². The van der Waals surface area contributed by atoms with E-state index >= 15 is 0 Å². The number of carbonyl (C=O) groups excluding carboxylic acids is 1. The normalized spacial score (nSPS) is 13.2. The maximum atomic E-state index is 13.2. The first-order valence-electron chi connectivity index (χ1n) is 7.49. The van der Waals surface area contributed by atoms with Crippen molar-refractivity contribution in [2.24, 2.45) is 5.73 Å². The summed E-state index contributed by atoms with van der Waals surface area (Å²) in [6.45, 7) is 0.116. The fraction of sp³-hybridized carbons (Fsp3) is 0.278. The monoisotopic (exact) mass is 332 g/mol. The molecule has 2 aromatic carbocycles. The summed E-state index contributed by atoms with van der Waals surface area (Å²) in [7, 11) is 3.06. The van der Waals surface area contributed by atoms with Crippen molar-refractivity contribution in [2.45, 2.75) is 12.1 Å². The highest BCUT2D eigenvalue weighted by atomic mass is 19.1. The molecule has 2 rings (SSSR count). The Labute approximate surface area is 140 Å². The molecule has 2 unspecified atom stereocenters. The Morgan fingerprint density at radius 3 is 2.12 bits per heavy atom. The van der Waals surface area contributed by atoms with E-state index < -0.39 is 12.1 Å². The highest BCUT2D eigenvalue weighted by molar-refractivity contribution is 5.82. The Kier molecular flexibility index (Phi) is 6.28. The summed E-state index contributed by atoms with van der Waals surface area (Å²) in [6, 6.07) is 12.0. The molecule has 0 heterocycles. The highest BCUT2D eigenvalue weighted by Gasteiger charge is 2.21. The first-order chi connectivity index (χ1) is 11.5. The van der Waals surface area contributed by atoms with Gasteiger partial charge in [-0.05, 0) is 35.4 Å². The Hall–Kier alpha value is -2.44. The van der Waals surface area contributed by atoms with Crippen molar-refractivity contribution in [3.8, 4) is 5.75 Å². The van der Waals surface area contributed by atoms with Crippen molar-refractivity contribution >= 4 is 5.91 Å². The number of halogens is 1. The van der Waals surface area contributed by atoms with Crippen molar-refractivity contribution in [3.05, 3.63) is 65.5 Å². The van der Waals surface area contributed by atoms with Gasteiger partial charge in [-0.1, -0.05) is 24.3 Å². The lowest BCUT2D eigenvalue weighted by atomic mass is 9.98. The third kappa shape index (κ3) is 4.53. The van der Waals surface area contributed by atoms with Crippen molar-refractivity contribution in [1.29, 1.82) is 0 Å². The van der Waals surface area contributed by atoms with Crippen LogP contribution >= 0.6 is 0 Å². The van der Waals surface area contributed by atoms with Gasteiger partial charge >= 0.3 is 0 Å². The minimum absolute atomic E-state index is 0.116. The lowest BCUT2D eigenvalue weighted by Gasteiger charge is -2.22. The molecule has 2 atom stereocenters. The van der Waals surface area contributed by atoms with E-state index in [-0.39, 0.29) is 18.3 Å². The summed E-state index contributed by atoms with van der Waals surface area (Å²) in [5.41, 5.74) is 7.37. The van der Waals surface area contributed by atoms with E-state index in [1.807, 2.05) is 12.1 Å². The Bertz CT molecular complexity index is 659. The Balaban J connectivity index is 2.29. The summed E-state index contributed by atoms with van der Waals surface area (Å²) in [5, 5.41) is 2.88. The molecule has 5 nitrogen and oxygen atoms in total. The van der Waals surface area contributed by atoms with E-state index in [0.29, 0.717) is 5.75 Å². The second kappa shape index (κ2) is 8.42. The molecule has 3 N–H and O–H groups in total. The van der Waals surface area contributed by atoms with Crippen molar-refractivity contribution in [1.82, 2.24) is 5.32 Å². The molecular weight excluding hydrogens is 311 g/mol. The van der Waals surface area contributed by atoms with Crippen LogP contribution < -0.4 is 15.8 Å². The summed E-state index contributed by atoms with van der Waals surface area (Å²) < 4.78 is 23.3. The van der Waals surface area contributed by atoms with Gasteiger partial charge in [0.2, 0.25) is 5.91 Å². The number of nitrogens with two attached hydrogens (primary N) is 1. The van der Waals surface area contributed by atoms with E-state index in [9.17, 15) is 9.18 Å². The second-order valence-corrected chi connectivity index (χ2v) is 5.33. The first-order valence-corrected chi connectivity index (χ1v) is 7.49. The number of hydrogen-bond acceptors (Lipinski definition) is 4. The second-order valence-electron chi connectivity index (χ2n) is 5.33. The van der Waals surface area contributed by atoms with Crippen LogP contribution in [0.4, 0.5) is 4.39 Å². The summed E-state index contributed by atoms with van der Waals surface area (Å²) >= 11 is 0. The van der Waals surface area contributed by atoms with E-state index in [4.69, 9.17) is 15.2 Å². The topological polar surface area (TPSA) is 73.6 Å². The van der Waals surface area contributed by atoms with E-state index in [1.165, 1.54) is 19.2 Å². The predicted molar refractivity (Wildman–Crippen MR) is 89.2 cm³/mol. The highest BCUT2D eigenvalue weighted by Crippen LogP contribution is 2.24. The molecule has 0 aromatic heterocycles. The van der Waals surface area contributed by atoms with Gasteiger partial charge in [0.25, 0.3) is 0 Å². The molecule has 0 aliphatic carbocycles. The molecule has 0 spiro atoms. The molecule has 0 aliphatic heterocycles. The number of nitrogens with one attached hydrogen (secondary N) is 1. The van der Waals surface area contributed by atoms with Crippen molar-refractivity contribution < 1.29 is 18.7 Å². The summed E-state index contributed by atoms with van der Waals surface area (Å²) in [6.07, 6.45) is 0. The maximum Gasteiger partial charge on any atom is 0.240 e. The largest absolute Gasteiger partial charge is 0.497 e. The Morgan fingerprint density at radius 1 is 1.08 bits per heavy atom. The lowest BCUT2D eigenvalue weighted by molar-refractivity contribution is -0.123. The number of amides is 1. The average molecular weight is 332 g/mol. The minimum Gasteiger partial charge on any atom is -0.497 e. The number of methoxy groups -OCH3 is 2. The van der Waals surface area contributed by atoms with Gasteiger partial charge in [-0.25, -0.2) is 4.39 Å². The van der Waals surface area contributed by atoms with Crippen LogP contribution in [0.3, 0.4) is 0 Å². The Morgan fingerprint density at radius 2 is 1.62 bits per heavy atom. The molecule has 0 radical (unpaired) electrons. The van der Waals surface area contributed by atoms with Crippen LogP contribution in [-0.4, -0.2) is 32.8 Å². The number of hydrogen-bond donors (Lipinski definition) is 2. The van der Waals surface area contributed by atoms with Gasteiger partial charge in [0.05, 0.1) is 19.8 Å². The number of benzene rings is 2. The maximum absolute atomic E-state index is 13.2. The van der Waals surface area contributed by atoms with Crippen LogP contribution in [-0.2, 0) is 9.53 Å². The van der Waals surface area contributed by atoms with Gasteiger partial charge in [0.15, 0.2) is 0 Å². The standard InChI is InChI=1S/C18H21FN2O3/c1-23-11-16(20)18(22)21-17(12-3-7-14(19)8-4-12)13-5-9-15(24-2)10-6-13/h3-10,16-17H,11,20H2,1-2H3,(H,21,22). The van der Waals surface area contributed by atoms with Gasteiger partial charge in [-0.15, -0.1) is 0 Å². The molecule has 0 aliphatic rings. The van der Waals surface area contributed by atoms with Gasteiger partial charge in [0, 0.05) is 7.11 Å². The van der Waals surface area contributed by atoms with Crippen LogP contribution in [0.2, 0.25) is 0 Å². The molecule has 128 valence electrons. The van der Waals surface area contributed by atoms with Crippen LogP contribution in [0.1, 0.15) is 17.2 Å². The number of rotatable bonds is 7. The predicted octanol–water partition coefficient (Wildman–Crippen LogP) is 2.01. The molecular formula is C18H21FN2O3. The van der Waals surface area contributed by atoms with E-state index in [1.54, 1.807) is 31.4 Å². The third-order valence-electron chi connectivity index (χ3n) is 3.62. The van der Waals surface area contributed by atoms with E-state index in [0.717, 1.165) is 11.1 Å². The molecule has 6 heteroatoms. The average Bonchev–Trinajstić information content (AvgIpc) is 2.60. The minimum atomic E-state index is -0.781. The number of carbonyl (C=O) groups is 1. The number of ether oxygens (including phenoxy) is 2. The quantitative estimate of drug-likeness (QED) is 0.813. The lowest BCUT2D eigenvalue weighted by Crippen LogP contribution is -2.45. The van der Waals surface area contributed by atoms with Crippen LogP contribution in [0.5, 0.6) is 5.75 Å². The van der Waals surface area contributed by atoms with Crippen molar-refractivity contribution in [2.75, 3.05) is 20.8 Å². The molecule has 2 aromatic rings. The van der Waals surface area contributed by atoms with Gasteiger partial charge in [-0.3, -0.25) is 4.79 Å². The molecule has 1 amide bonds. The fourth-order valence-electron chi connectivity index (χ4n) is 2.32. The zero-order valence-corrected chi connectivity index (χ0v) is 13.7. The SMILES string of the molecule is COCC(N)C(=O)NC(c1ccc(F)cc1)c1ccc(OC)cc1. The van der Waals surface area contributed by atoms with Crippen LogP contribution in [0.15, 0.2) is 48.5 Å². The van der Waals surface area contributed by atoms with Gasteiger partial charge in [-0.2, -0.15) is 0 Å². The molecule has 24 heavy (non-hydrogen) atoms. The first kappa shape index (κ1) is 17.9. The summed E-state index contributed by atoms with van der Waals surface area (Å²) in [5.74, 6) is 0.0238. The zero-order chi connectivity index (χ0) is 17.5. The molecule has 0 saturated heterocycles. The smallest absolute Gasteiger partial charge is 0.240 e. The molecule has 0 fully saturated rings. The van der Waals surface area contributed by atoms with Crippen LogP contribution in [0.25, 0.3) is 0 Å².